The van der Waals surface area contributed by atoms with Crippen LogP contribution < -0.4 is 0 Å². The van der Waals surface area contributed by atoms with Crippen LogP contribution in [0.2, 0.25) is 0 Å². The molecule has 0 bridgehead atoms. The molecule has 412 valence electrons. The van der Waals surface area contributed by atoms with Crippen molar-refractivity contribution in [1.29, 1.82) is 0 Å². The Morgan fingerprint density at radius 3 is 0.743 bits per heavy atom. The highest BCUT2D eigenvalue weighted by Crippen LogP contribution is 2.17. The molecule has 0 amide bonds. The molecule has 0 radical (unpaired) electrons. The molecule has 0 N–H and O–H groups in total. The van der Waals surface area contributed by atoms with Crippen LogP contribution in [0, 0.1) is 0 Å². The van der Waals surface area contributed by atoms with Crippen LogP contribution >= 0.6 is 0 Å². The number of hydrogen-bond donors (Lipinski definition) is 0. The maximum absolute atomic E-state index is 12.9. The second-order valence-electron chi connectivity index (χ2n) is 21.3. The van der Waals surface area contributed by atoms with E-state index in [-0.39, 0.29) is 31.1 Å². The van der Waals surface area contributed by atoms with Crippen LogP contribution in [0.25, 0.3) is 0 Å². The summed E-state index contributed by atoms with van der Waals surface area (Å²) in [6.45, 7) is 6.66. The van der Waals surface area contributed by atoms with E-state index in [1.165, 1.54) is 244 Å². The second-order valence-corrected chi connectivity index (χ2v) is 21.3. The van der Waals surface area contributed by atoms with Gasteiger partial charge in [-0.25, -0.2) is 0 Å². The van der Waals surface area contributed by atoms with Crippen molar-refractivity contribution < 1.29 is 28.6 Å². The molecule has 6 heteroatoms. The lowest BCUT2D eigenvalue weighted by Crippen LogP contribution is -2.30. The SMILES string of the molecule is CCCCC/C=C\CCCCCCCC(=O)OCC(COC(=O)CCCCCCCCCCCCCCC/C=C\CCCCCCCCCC)OC(=O)CCCCCCCCCCCCCCCCC. The van der Waals surface area contributed by atoms with E-state index in [2.05, 4.69) is 45.1 Å². The van der Waals surface area contributed by atoms with Crippen molar-refractivity contribution in [1.82, 2.24) is 0 Å². The molecular weight excluding hydrogens is 865 g/mol. The van der Waals surface area contributed by atoms with Crippen LogP contribution in [0.15, 0.2) is 24.3 Å². The van der Waals surface area contributed by atoms with Gasteiger partial charge in [0.15, 0.2) is 6.10 Å². The number of hydrogen-bond acceptors (Lipinski definition) is 6. The van der Waals surface area contributed by atoms with Crippen LogP contribution in [0.3, 0.4) is 0 Å². The van der Waals surface area contributed by atoms with Gasteiger partial charge < -0.3 is 14.2 Å². The Morgan fingerprint density at radius 2 is 0.471 bits per heavy atom. The number of unbranched alkanes of at least 4 members (excludes halogenated alkanes) is 43. The van der Waals surface area contributed by atoms with E-state index < -0.39 is 6.10 Å². The van der Waals surface area contributed by atoms with Crippen LogP contribution in [0.4, 0.5) is 0 Å². The predicted octanol–water partition coefficient (Wildman–Crippen LogP) is 21.1. The maximum Gasteiger partial charge on any atom is 0.306 e. The van der Waals surface area contributed by atoms with Crippen molar-refractivity contribution in [3.05, 3.63) is 24.3 Å². The largest absolute Gasteiger partial charge is 0.462 e. The third-order valence-corrected chi connectivity index (χ3v) is 14.2. The Hall–Kier alpha value is -2.11. The summed E-state index contributed by atoms with van der Waals surface area (Å²) in [7, 11) is 0. The molecule has 70 heavy (non-hydrogen) atoms. The van der Waals surface area contributed by atoms with Crippen molar-refractivity contribution >= 4 is 17.9 Å². The average Bonchev–Trinajstić information content (AvgIpc) is 3.36. The fourth-order valence-electron chi connectivity index (χ4n) is 9.44. The highest BCUT2D eigenvalue weighted by molar-refractivity contribution is 5.71. The Labute approximate surface area is 436 Å². The minimum atomic E-state index is -0.770. The molecule has 0 aromatic heterocycles. The summed E-state index contributed by atoms with van der Waals surface area (Å²) in [6.07, 6.45) is 70.4. The molecule has 0 aromatic carbocycles. The lowest BCUT2D eigenvalue weighted by Gasteiger charge is -2.18. The fraction of sp³-hybridized carbons (Fsp3) is 0.891. The number of esters is 3. The molecule has 1 unspecified atom stereocenters. The molecule has 0 aliphatic rings. The maximum atomic E-state index is 12.9. The molecule has 0 fully saturated rings. The minimum absolute atomic E-state index is 0.0689. The van der Waals surface area contributed by atoms with E-state index in [1.54, 1.807) is 0 Å². The van der Waals surface area contributed by atoms with Gasteiger partial charge in [0, 0.05) is 19.3 Å². The van der Waals surface area contributed by atoms with E-state index in [4.69, 9.17) is 14.2 Å². The quantitative estimate of drug-likeness (QED) is 0.0261. The molecule has 0 rings (SSSR count). The Kier molecular flexibility index (Phi) is 57.7. The van der Waals surface area contributed by atoms with Crippen molar-refractivity contribution in [2.45, 2.75) is 354 Å². The lowest BCUT2D eigenvalue weighted by molar-refractivity contribution is -0.167. The third-order valence-electron chi connectivity index (χ3n) is 14.2. The van der Waals surface area contributed by atoms with Gasteiger partial charge in [-0.15, -0.1) is 0 Å². The summed E-state index contributed by atoms with van der Waals surface area (Å²) < 4.78 is 16.9. The summed E-state index contributed by atoms with van der Waals surface area (Å²) in [6, 6.07) is 0. The fourth-order valence-corrected chi connectivity index (χ4v) is 9.44. The van der Waals surface area contributed by atoms with E-state index in [0.717, 1.165) is 64.2 Å². The van der Waals surface area contributed by atoms with Gasteiger partial charge in [-0.05, 0) is 70.6 Å². The van der Waals surface area contributed by atoms with Gasteiger partial charge >= 0.3 is 17.9 Å². The Balaban J connectivity index is 4.20. The Morgan fingerprint density at radius 1 is 0.271 bits per heavy atom. The summed E-state index contributed by atoms with van der Waals surface area (Å²) in [5.41, 5.74) is 0. The van der Waals surface area contributed by atoms with Crippen molar-refractivity contribution in [3.63, 3.8) is 0 Å². The summed E-state index contributed by atoms with van der Waals surface area (Å²) in [5.74, 6) is -0.855. The van der Waals surface area contributed by atoms with Crippen LogP contribution in [0.1, 0.15) is 348 Å². The highest BCUT2D eigenvalue weighted by Gasteiger charge is 2.19. The van der Waals surface area contributed by atoms with Gasteiger partial charge in [-0.3, -0.25) is 14.4 Å². The zero-order chi connectivity index (χ0) is 50.7. The predicted molar refractivity (Wildman–Crippen MR) is 303 cm³/mol. The molecule has 0 spiro atoms. The highest BCUT2D eigenvalue weighted by atomic mass is 16.6. The molecule has 0 saturated heterocycles. The average molecular weight is 986 g/mol. The zero-order valence-electron chi connectivity index (χ0n) is 47.3. The van der Waals surface area contributed by atoms with Gasteiger partial charge in [-0.1, -0.05) is 283 Å². The van der Waals surface area contributed by atoms with Crippen LogP contribution in [0.5, 0.6) is 0 Å². The zero-order valence-corrected chi connectivity index (χ0v) is 47.3. The van der Waals surface area contributed by atoms with Gasteiger partial charge in [-0.2, -0.15) is 0 Å². The van der Waals surface area contributed by atoms with E-state index in [9.17, 15) is 14.4 Å². The van der Waals surface area contributed by atoms with E-state index in [1.807, 2.05) is 0 Å². The molecular formula is C64H120O6. The summed E-state index contributed by atoms with van der Waals surface area (Å²) in [4.78, 5) is 38.2. The normalized spacial score (nSPS) is 12.1. The number of carbonyl (C=O) groups is 3. The molecule has 0 saturated carbocycles. The second kappa shape index (κ2) is 59.5. The molecule has 6 nitrogen and oxygen atoms in total. The van der Waals surface area contributed by atoms with Gasteiger partial charge in [0.05, 0.1) is 0 Å². The van der Waals surface area contributed by atoms with E-state index in [0.29, 0.717) is 19.3 Å². The van der Waals surface area contributed by atoms with Gasteiger partial charge in [0.25, 0.3) is 0 Å². The first kappa shape index (κ1) is 67.9. The summed E-state index contributed by atoms with van der Waals surface area (Å²) >= 11 is 0. The van der Waals surface area contributed by atoms with Crippen molar-refractivity contribution in [3.8, 4) is 0 Å². The first-order chi connectivity index (χ1) is 34.5. The minimum Gasteiger partial charge on any atom is -0.462 e. The monoisotopic (exact) mass is 985 g/mol. The smallest absolute Gasteiger partial charge is 0.306 e. The summed E-state index contributed by atoms with van der Waals surface area (Å²) in [5, 5.41) is 0. The molecule has 0 aliphatic carbocycles. The van der Waals surface area contributed by atoms with Crippen LogP contribution in [-0.2, 0) is 28.6 Å². The number of allylic oxidation sites excluding steroid dienone is 4. The van der Waals surface area contributed by atoms with Crippen LogP contribution in [-0.4, -0.2) is 37.2 Å². The number of carbonyl (C=O) groups excluding carboxylic acids is 3. The topological polar surface area (TPSA) is 78.9 Å². The first-order valence-corrected chi connectivity index (χ1v) is 31.3. The third kappa shape index (κ3) is 56.8. The number of rotatable bonds is 58. The van der Waals surface area contributed by atoms with Crippen molar-refractivity contribution in [2.24, 2.45) is 0 Å². The molecule has 0 aromatic rings. The molecule has 1 atom stereocenters. The lowest BCUT2D eigenvalue weighted by atomic mass is 10.0. The van der Waals surface area contributed by atoms with Gasteiger partial charge in [0.2, 0.25) is 0 Å². The Bertz CT molecular complexity index is 1130. The van der Waals surface area contributed by atoms with Gasteiger partial charge in [0.1, 0.15) is 13.2 Å². The standard InChI is InChI=1S/C64H120O6/c1-4-7-10-13-16-19-22-25-27-28-29-30-31-32-33-34-35-36-38-39-42-45-48-51-54-57-63(66)69-60-61(59-68-62(65)56-53-50-47-44-41-24-21-18-15-12-9-6-3)70-64(67)58-55-52-49-46-43-40-37-26-23-20-17-14-11-8-5-2/h18,21,28-29,61H,4-17,19-20,22-27,30-60H2,1-3H3/b21-18-,29-28-. The number of ether oxygens (including phenoxy) is 3. The van der Waals surface area contributed by atoms with Crippen molar-refractivity contribution in [2.75, 3.05) is 13.2 Å². The first-order valence-electron chi connectivity index (χ1n) is 31.3. The van der Waals surface area contributed by atoms with E-state index >= 15 is 0 Å². The molecule has 0 heterocycles. The molecule has 0 aliphatic heterocycles.